The summed E-state index contributed by atoms with van der Waals surface area (Å²) in [7, 11) is -2.55. The molecule has 0 saturated carbocycles. The molecule has 2 heterocycles. The first-order valence-corrected chi connectivity index (χ1v) is 12.3. The van der Waals surface area contributed by atoms with Gasteiger partial charge in [-0.2, -0.15) is 4.31 Å². The Kier molecular flexibility index (Phi) is 6.51. The van der Waals surface area contributed by atoms with Crippen molar-refractivity contribution in [3.8, 4) is 5.75 Å². The van der Waals surface area contributed by atoms with Gasteiger partial charge in [0, 0.05) is 50.0 Å². The topological polar surface area (TPSA) is 99.3 Å². The average Bonchev–Trinajstić information content (AvgIpc) is 2.79. The molecular weight excluding hydrogens is 468 g/mol. The highest BCUT2D eigenvalue weighted by atomic mass is 35.5. The molecule has 11 heteroatoms. The molecule has 0 aromatic heterocycles. The Bertz CT molecular complexity index is 1180. The number of carbonyl (C=O) groups excluding carboxylic acids is 2. The molecule has 0 aliphatic carbocycles. The van der Waals surface area contributed by atoms with Crippen LogP contribution in [0.1, 0.15) is 5.56 Å². The predicted octanol–water partition coefficient (Wildman–Crippen LogP) is 1.95. The van der Waals surface area contributed by atoms with Crippen LogP contribution in [-0.2, 0) is 19.6 Å². The summed E-state index contributed by atoms with van der Waals surface area (Å²) in [5.41, 5.74) is 1.92. The Morgan fingerprint density at radius 1 is 1.15 bits per heavy atom. The second kappa shape index (κ2) is 9.20. The Morgan fingerprint density at radius 2 is 1.82 bits per heavy atom. The van der Waals surface area contributed by atoms with Crippen molar-refractivity contribution in [2.24, 2.45) is 0 Å². The van der Waals surface area contributed by atoms with Gasteiger partial charge in [0.25, 0.3) is 5.91 Å². The van der Waals surface area contributed by atoms with Gasteiger partial charge in [-0.15, -0.1) is 0 Å². The van der Waals surface area contributed by atoms with Crippen molar-refractivity contribution in [1.29, 1.82) is 0 Å². The fraction of sp³-hybridized carbons (Fsp3) is 0.364. The molecule has 2 aromatic rings. The molecule has 1 fully saturated rings. The van der Waals surface area contributed by atoms with E-state index in [1.54, 1.807) is 17.9 Å². The van der Waals surface area contributed by atoms with Crippen molar-refractivity contribution in [1.82, 2.24) is 9.21 Å². The van der Waals surface area contributed by atoms with E-state index in [4.69, 9.17) is 16.3 Å². The Balaban J connectivity index is 1.40. The van der Waals surface area contributed by atoms with Crippen LogP contribution < -0.4 is 15.0 Å². The second-order valence-electron chi connectivity index (χ2n) is 8.06. The number of nitrogens with zero attached hydrogens (tertiary/aromatic N) is 3. The van der Waals surface area contributed by atoms with E-state index in [9.17, 15) is 18.0 Å². The van der Waals surface area contributed by atoms with E-state index in [1.807, 2.05) is 24.3 Å². The molecular formula is C22H25ClN4O5S. The first-order valence-electron chi connectivity index (χ1n) is 10.5. The summed E-state index contributed by atoms with van der Waals surface area (Å²) in [6, 6.07) is 10.5. The van der Waals surface area contributed by atoms with Crippen molar-refractivity contribution in [2.45, 2.75) is 11.8 Å². The number of carbonyl (C=O) groups is 2. The van der Waals surface area contributed by atoms with E-state index >= 15 is 0 Å². The molecule has 0 radical (unpaired) electrons. The molecule has 0 atom stereocenters. The van der Waals surface area contributed by atoms with Crippen LogP contribution in [-0.4, -0.2) is 75.8 Å². The Hall–Kier alpha value is -2.82. The van der Waals surface area contributed by atoms with E-state index in [1.165, 1.54) is 13.1 Å². The minimum absolute atomic E-state index is 0.0419. The molecule has 2 aromatic carbocycles. The largest absolute Gasteiger partial charge is 0.482 e. The highest BCUT2D eigenvalue weighted by Gasteiger charge is 2.30. The summed E-state index contributed by atoms with van der Waals surface area (Å²) >= 11 is 5.95. The molecule has 2 amide bonds. The van der Waals surface area contributed by atoms with Gasteiger partial charge in [0.2, 0.25) is 15.9 Å². The zero-order chi connectivity index (χ0) is 23.8. The maximum Gasteiger partial charge on any atom is 0.262 e. The highest BCUT2D eigenvalue weighted by Crippen LogP contribution is 2.33. The van der Waals surface area contributed by atoms with Crippen LogP contribution in [0.25, 0.3) is 0 Å². The summed E-state index contributed by atoms with van der Waals surface area (Å²) in [5, 5.41) is 3.33. The molecule has 0 unspecified atom stereocenters. The lowest BCUT2D eigenvalue weighted by Crippen LogP contribution is -2.51. The smallest absolute Gasteiger partial charge is 0.262 e. The van der Waals surface area contributed by atoms with Crippen LogP contribution in [0.3, 0.4) is 0 Å². The van der Waals surface area contributed by atoms with Gasteiger partial charge < -0.3 is 19.9 Å². The molecule has 176 valence electrons. The molecule has 33 heavy (non-hydrogen) atoms. The van der Waals surface area contributed by atoms with Crippen molar-refractivity contribution in [2.75, 3.05) is 56.6 Å². The summed E-state index contributed by atoms with van der Waals surface area (Å²) in [6.45, 7) is 3.50. The lowest BCUT2D eigenvalue weighted by Gasteiger charge is -2.36. The molecule has 2 aliphatic rings. The van der Waals surface area contributed by atoms with Crippen LogP contribution in [0.2, 0.25) is 5.02 Å². The number of aryl methyl sites for hydroxylation is 1. The van der Waals surface area contributed by atoms with E-state index < -0.39 is 10.0 Å². The number of ether oxygens (including phenoxy) is 1. The number of likely N-dealkylation sites (N-methyl/N-ethyl adjacent to an activating group) is 1. The zero-order valence-electron chi connectivity index (χ0n) is 18.4. The Morgan fingerprint density at radius 3 is 2.48 bits per heavy atom. The van der Waals surface area contributed by atoms with Crippen LogP contribution in [0.15, 0.2) is 41.3 Å². The summed E-state index contributed by atoms with van der Waals surface area (Å²) in [5.74, 6) is -0.260. The maximum atomic E-state index is 13.2. The number of benzene rings is 2. The summed E-state index contributed by atoms with van der Waals surface area (Å²) < 4.78 is 32.8. The maximum absolute atomic E-state index is 13.2. The summed E-state index contributed by atoms with van der Waals surface area (Å²) in [6.07, 6.45) is 0. The molecule has 9 nitrogen and oxygen atoms in total. The fourth-order valence-electron chi connectivity index (χ4n) is 3.90. The second-order valence-corrected chi connectivity index (χ2v) is 10.5. The number of amides is 2. The monoisotopic (exact) mass is 492 g/mol. The number of fused-ring (bicyclic) bond motifs is 1. The lowest BCUT2D eigenvalue weighted by molar-refractivity contribution is -0.131. The highest BCUT2D eigenvalue weighted by molar-refractivity contribution is 7.89. The van der Waals surface area contributed by atoms with Gasteiger partial charge in [0.05, 0.1) is 17.1 Å². The minimum atomic E-state index is -3.94. The SMILES string of the molecule is Cc1cc2c(cc1S(=O)(=O)N(C)CC(=O)N1CCN(c3ccc(Cl)cc3)CC1)OCC(=O)N2. The van der Waals surface area contributed by atoms with Gasteiger partial charge in [-0.3, -0.25) is 9.59 Å². The van der Waals surface area contributed by atoms with Crippen molar-refractivity contribution in [3.63, 3.8) is 0 Å². The number of anilines is 2. The third kappa shape index (κ3) is 4.92. The van der Waals surface area contributed by atoms with E-state index in [0.29, 0.717) is 42.5 Å². The van der Waals surface area contributed by atoms with Gasteiger partial charge in [-0.25, -0.2) is 8.42 Å². The predicted molar refractivity (Wildman–Crippen MR) is 125 cm³/mol. The third-order valence-electron chi connectivity index (χ3n) is 5.78. The van der Waals surface area contributed by atoms with E-state index in [-0.39, 0.29) is 35.6 Å². The fourth-order valence-corrected chi connectivity index (χ4v) is 5.37. The molecule has 0 bridgehead atoms. The van der Waals surface area contributed by atoms with Crippen LogP contribution in [0.4, 0.5) is 11.4 Å². The number of hydrogen-bond donors (Lipinski definition) is 1. The van der Waals surface area contributed by atoms with Gasteiger partial charge in [0.15, 0.2) is 6.61 Å². The number of nitrogens with one attached hydrogen (secondary N) is 1. The summed E-state index contributed by atoms with van der Waals surface area (Å²) in [4.78, 5) is 28.2. The molecule has 1 N–H and O–H groups in total. The molecule has 1 saturated heterocycles. The van der Waals surface area contributed by atoms with Crippen molar-refractivity contribution >= 4 is 44.8 Å². The molecule has 0 spiro atoms. The first kappa shape index (κ1) is 23.3. The lowest BCUT2D eigenvalue weighted by atomic mass is 10.2. The van der Waals surface area contributed by atoms with Gasteiger partial charge >= 0.3 is 0 Å². The number of rotatable bonds is 5. The molecule has 2 aliphatic heterocycles. The van der Waals surface area contributed by atoms with Crippen LogP contribution in [0, 0.1) is 6.92 Å². The van der Waals surface area contributed by atoms with E-state index in [2.05, 4.69) is 10.2 Å². The van der Waals surface area contributed by atoms with Crippen LogP contribution in [0.5, 0.6) is 5.75 Å². The number of piperazine rings is 1. The number of hydrogen-bond acceptors (Lipinski definition) is 6. The normalized spacial score (nSPS) is 16.3. The van der Waals surface area contributed by atoms with Crippen molar-refractivity contribution < 1.29 is 22.7 Å². The molecule has 4 rings (SSSR count). The third-order valence-corrected chi connectivity index (χ3v) is 7.98. The average molecular weight is 493 g/mol. The first-order chi connectivity index (χ1) is 15.6. The van der Waals surface area contributed by atoms with Gasteiger partial charge in [-0.1, -0.05) is 11.6 Å². The zero-order valence-corrected chi connectivity index (χ0v) is 19.9. The quantitative estimate of drug-likeness (QED) is 0.685. The van der Waals surface area contributed by atoms with Crippen LogP contribution >= 0.6 is 11.6 Å². The Labute approximate surface area is 197 Å². The number of halogens is 1. The van der Waals surface area contributed by atoms with Gasteiger partial charge in [0.1, 0.15) is 5.75 Å². The van der Waals surface area contributed by atoms with Crippen molar-refractivity contribution in [3.05, 3.63) is 47.0 Å². The standard InChI is InChI=1S/C22H25ClN4O5S/c1-15-11-18-19(32-14-21(28)24-18)12-20(15)33(30,31)25(2)13-22(29)27-9-7-26(8-10-27)17-5-3-16(23)4-6-17/h3-6,11-12H,7-10,13-14H2,1-2H3,(H,24,28). The van der Waals surface area contributed by atoms with Gasteiger partial charge in [-0.05, 0) is 42.8 Å². The minimum Gasteiger partial charge on any atom is -0.482 e. The number of sulfonamides is 1. The van der Waals surface area contributed by atoms with E-state index in [0.717, 1.165) is 9.99 Å².